The van der Waals surface area contributed by atoms with Gasteiger partial charge in [0.1, 0.15) is 5.82 Å². The minimum absolute atomic E-state index is 0.151. The minimum Gasteiger partial charge on any atom is -0.378 e. The maximum Gasteiger partial charge on any atom is 0.317 e. The van der Waals surface area contributed by atoms with E-state index in [-0.39, 0.29) is 6.03 Å². The van der Waals surface area contributed by atoms with Crippen molar-refractivity contribution in [2.24, 2.45) is 0 Å². The molecule has 0 atom stereocenters. The van der Waals surface area contributed by atoms with E-state index < -0.39 is 0 Å². The lowest BCUT2D eigenvalue weighted by Gasteiger charge is -2.29. The third kappa shape index (κ3) is 4.65. The Hall–Kier alpha value is -2.31. The fraction of sp³-hybridized carbons (Fsp3) is 0.368. The van der Waals surface area contributed by atoms with Crippen LogP contribution in [0.25, 0.3) is 0 Å². The summed E-state index contributed by atoms with van der Waals surface area (Å²) < 4.78 is 5.40. The monoisotopic (exact) mass is 374 g/mol. The van der Waals surface area contributed by atoms with Crippen LogP contribution in [0, 0.1) is 0 Å². The van der Waals surface area contributed by atoms with E-state index in [1.807, 2.05) is 36.4 Å². The molecule has 0 spiro atoms. The molecule has 0 saturated carbocycles. The third-order valence-corrected chi connectivity index (χ3v) is 4.69. The highest BCUT2D eigenvalue weighted by Gasteiger charge is 2.17. The van der Waals surface area contributed by atoms with Gasteiger partial charge in [-0.25, -0.2) is 9.78 Å². The highest BCUT2D eigenvalue weighted by molar-refractivity contribution is 6.31. The van der Waals surface area contributed by atoms with Crippen molar-refractivity contribution in [3.05, 3.63) is 58.7 Å². The molecule has 1 saturated heterocycles. The first-order valence-electron chi connectivity index (χ1n) is 8.64. The van der Waals surface area contributed by atoms with E-state index in [0.717, 1.165) is 30.0 Å². The SMILES string of the molecule is CN(Cc1ccccc1Cl)C(=O)NCc1cccnc1N1CCOCC1. The normalized spacial score (nSPS) is 14.2. The molecule has 1 aliphatic heterocycles. The van der Waals surface area contributed by atoms with E-state index in [2.05, 4.69) is 15.2 Å². The van der Waals surface area contributed by atoms with Crippen LogP contribution < -0.4 is 10.2 Å². The number of hydrogen-bond donors (Lipinski definition) is 1. The highest BCUT2D eigenvalue weighted by atomic mass is 35.5. The second-order valence-electron chi connectivity index (χ2n) is 6.19. The van der Waals surface area contributed by atoms with Crippen LogP contribution in [0.4, 0.5) is 10.6 Å². The number of ether oxygens (including phenoxy) is 1. The first kappa shape index (κ1) is 18.5. The molecular formula is C19H23ClN4O2. The van der Waals surface area contributed by atoms with Crippen LogP contribution in [0.2, 0.25) is 5.02 Å². The molecule has 1 aromatic carbocycles. The van der Waals surface area contributed by atoms with Gasteiger partial charge in [0.15, 0.2) is 0 Å². The van der Waals surface area contributed by atoms with Crippen LogP contribution >= 0.6 is 11.6 Å². The van der Waals surface area contributed by atoms with Crippen molar-refractivity contribution >= 4 is 23.4 Å². The summed E-state index contributed by atoms with van der Waals surface area (Å²) in [5.74, 6) is 0.907. The summed E-state index contributed by atoms with van der Waals surface area (Å²) in [6.07, 6.45) is 1.78. The smallest absolute Gasteiger partial charge is 0.317 e. The number of amides is 2. The lowest BCUT2D eigenvalue weighted by molar-refractivity contribution is 0.122. The molecule has 1 aromatic heterocycles. The third-order valence-electron chi connectivity index (χ3n) is 4.32. The summed E-state index contributed by atoms with van der Waals surface area (Å²) in [4.78, 5) is 20.7. The molecule has 1 aliphatic rings. The zero-order chi connectivity index (χ0) is 18.4. The number of benzene rings is 1. The lowest BCUT2D eigenvalue weighted by Crippen LogP contribution is -2.39. The van der Waals surface area contributed by atoms with Crippen molar-refractivity contribution in [1.29, 1.82) is 0 Å². The highest BCUT2D eigenvalue weighted by Crippen LogP contribution is 2.19. The molecule has 1 N–H and O–H groups in total. The van der Waals surface area contributed by atoms with Crippen molar-refractivity contribution < 1.29 is 9.53 Å². The second kappa shape index (κ2) is 8.87. The maximum absolute atomic E-state index is 12.4. The Balaban J connectivity index is 1.60. The summed E-state index contributed by atoms with van der Waals surface area (Å²) in [6.45, 7) is 3.89. The number of pyridine rings is 1. The van der Waals surface area contributed by atoms with Crippen molar-refractivity contribution in [1.82, 2.24) is 15.2 Å². The van der Waals surface area contributed by atoms with E-state index in [9.17, 15) is 4.79 Å². The Morgan fingerprint density at radius 2 is 1.96 bits per heavy atom. The van der Waals surface area contributed by atoms with Gasteiger partial charge in [-0.05, 0) is 17.7 Å². The number of carbonyl (C=O) groups is 1. The lowest BCUT2D eigenvalue weighted by atomic mass is 10.2. The van der Waals surface area contributed by atoms with Crippen LogP contribution in [0.15, 0.2) is 42.6 Å². The van der Waals surface area contributed by atoms with Crippen LogP contribution in [-0.4, -0.2) is 49.3 Å². The summed E-state index contributed by atoms with van der Waals surface area (Å²) in [6, 6.07) is 11.3. The van der Waals surface area contributed by atoms with Gasteiger partial charge in [-0.15, -0.1) is 0 Å². The molecule has 138 valence electrons. The number of halogens is 1. The molecule has 0 unspecified atom stereocenters. The number of rotatable bonds is 5. The maximum atomic E-state index is 12.4. The number of nitrogens with zero attached hydrogens (tertiary/aromatic N) is 3. The number of anilines is 1. The van der Waals surface area contributed by atoms with E-state index in [1.54, 1.807) is 18.1 Å². The Kier molecular flexibility index (Phi) is 6.30. The van der Waals surface area contributed by atoms with Gasteiger partial charge in [0, 0.05) is 50.0 Å². The molecule has 2 aromatic rings. The second-order valence-corrected chi connectivity index (χ2v) is 6.60. The van der Waals surface area contributed by atoms with Crippen LogP contribution in [0.1, 0.15) is 11.1 Å². The average molecular weight is 375 g/mol. The van der Waals surface area contributed by atoms with E-state index in [4.69, 9.17) is 16.3 Å². The van der Waals surface area contributed by atoms with Crippen molar-refractivity contribution in [3.8, 4) is 0 Å². The molecule has 0 aliphatic carbocycles. The first-order chi connectivity index (χ1) is 12.6. The van der Waals surface area contributed by atoms with Crippen molar-refractivity contribution in [2.45, 2.75) is 13.1 Å². The molecule has 0 radical (unpaired) electrons. The predicted octanol–water partition coefficient (Wildman–Crippen LogP) is 2.91. The summed E-state index contributed by atoms with van der Waals surface area (Å²) in [7, 11) is 1.75. The van der Waals surface area contributed by atoms with Crippen molar-refractivity contribution in [3.63, 3.8) is 0 Å². The van der Waals surface area contributed by atoms with Crippen LogP contribution in [0.3, 0.4) is 0 Å². The fourth-order valence-corrected chi connectivity index (χ4v) is 3.08. The summed E-state index contributed by atoms with van der Waals surface area (Å²) in [5.41, 5.74) is 1.91. The zero-order valence-electron chi connectivity index (χ0n) is 14.8. The zero-order valence-corrected chi connectivity index (χ0v) is 15.6. The predicted molar refractivity (Wildman–Crippen MR) is 102 cm³/mol. The largest absolute Gasteiger partial charge is 0.378 e. The quantitative estimate of drug-likeness (QED) is 0.874. The standard InChI is InChI=1S/C19H23ClN4O2/c1-23(14-16-5-2-3-7-17(16)20)19(25)22-13-15-6-4-8-21-18(15)24-9-11-26-12-10-24/h2-8H,9-14H2,1H3,(H,22,25). The average Bonchev–Trinajstić information content (AvgIpc) is 2.68. The number of carbonyl (C=O) groups excluding carboxylic acids is 1. The number of morpholine rings is 1. The van der Waals surface area contributed by atoms with Crippen molar-refractivity contribution in [2.75, 3.05) is 38.3 Å². The van der Waals surface area contributed by atoms with Gasteiger partial charge in [0.05, 0.1) is 13.2 Å². The van der Waals surface area contributed by atoms with Gasteiger partial charge in [0.25, 0.3) is 0 Å². The Bertz CT molecular complexity index is 750. The number of nitrogens with one attached hydrogen (secondary N) is 1. The van der Waals surface area contributed by atoms with Gasteiger partial charge in [-0.1, -0.05) is 35.9 Å². The molecule has 2 amide bonds. The van der Waals surface area contributed by atoms with E-state index >= 15 is 0 Å². The van der Waals surface area contributed by atoms with E-state index in [0.29, 0.717) is 31.3 Å². The van der Waals surface area contributed by atoms with Gasteiger partial charge in [0.2, 0.25) is 0 Å². The Labute approximate surface area is 158 Å². The van der Waals surface area contributed by atoms with Gasteiger partial charge >= 0.3 is 6.03 Å². The number of hydrogen-bond acceptors (Lipinski definition) is 4. The first-order valence-corrected chi connectivity index (χ1v) is 9.02. The molecule has 2 heterocycles. The molecule has 3 rings (SSSR count). The Morgan fingerprint density at radius 3 is 2.73 bits per heavy atom. The minimum atomic E-state index is -0.151. The fourth-order valence-electron chi connectivity index (χ4n) is 2.89. The number of urea groups is 1. The van der Waals surface area contributed by atoms with Gasteiger partial charge in [-0.3, -0.25) is 0 Å². The molecule has 6 nitrogen and oxygen atoms in total. The summed E-state index contributed by atoms with van der Waals surface area (Å²) in [5, 5.41) is 3.63. The molecule has 1 fully saturated rings. The summed E-state index contributed by atoms with van der Waals surface area (Å²) >= 11 is 6.17. The van der Waals surface area contributed by atoms with Crippen LogP contribution in [0.5, 0.6) is 0 Å². The molecule has 7 heteroatoms. The molecule has 26 heavy (non-hydrogen) atoms. The van der Waals surface area contributed by atoms with Gasteiger partial charge in [-0.2, -0.15) is 0 Å². The van der Waals surface area contributed by atoms with E-state index in [1.165, 1.54) is 0 Å². The van der Waals surface area contributed by atoms with Gasteiger partial charge < -0.3 is 19.9 Å². The molecule has 0 bridgehead atoms. The Morgan fingerprint density at radius 1 is 1.23 bits per heavy atom. The topological polar surface area (TPSA) is 57.7 Å². The number of aromatic nitrogens is 1. The molecular weight excluding hydrogens is 352 g/mol. The van der Waals surface area contributed by atoms with Crippen LogP contribution in [-0.2, 0) is 17.8 Å².